The molecule has 0 spiro atoms. The minimum Gasteiger partial charge on any atom is -0.365 e. The van der Waals surface area contributed by atoms with Gasteiger partial charge >= 0.3 is 0 Å². The number of piperidine rings is 1. The molecule has 1 aromatic carbocycles. The van der Waals surface area contributed by atoms with Gasteiger partial charge in [0.15, 0.2) is 5.78 Å². The molecule has 0 bridgehead atoms. The fourth-order valence-electron chi connectivity index (χ4n) is 2.65. The standard InChI is InChI=1S/C15H22N2O/c1-11(18)12-6-8-13(9-7-12)17-10-4-5-14(16)15(17,2)3/h6-9,14H,4-5,10,16H2,1-3H3. The Morgan fingerprint density at radius 3 is 2.50 bits per heavy atom. The van der Waals surface area contributed by atoms with Crippen LogP contribution in [0.3, 0.4) is 0 Å². The Balaban J connectivity index is 2.27. The number of anilines is 1. The van der Waals surface area contributed by atoms with E-state index in [4.69, 9.17) is 5.73 Å². The Kier molecular flexibility index (Phi) is 3.44. The third-order valence-corrected chi connectivity index (χ3v) is 4.09. The Labute approximate surface area is 109 Å². The van der Waals surface area contributed by atoms with Crippen molar-refractivity contribution in [3.8, 4) is 0 Å². The van der Waals surface area contributed by atoms with Gasteiger partial charge in [0, 0.05) is 29.4 Å². The van der Waals surface area contributed by atoms with Crippen LogP contribution in [0.1, 0.15) is 44.0 Å². The van der Waals surface area contributed by atoms with Crippen LogP contribution < -0.4 is 10.6 Å². The van der Waals surface area contributed by atoms with Crippen molar-refractivity contribution in [3.05, 3.63) is 29.8 Å². The van der Waals surface area contributed by atoms with Crippen LogP contribution >= 0.6 is 0 Å². The first-order valence-corrected chi connectivity index (χ1v) is 6.57. The second kappa shape index (κ2) is 4.73. The highest BCUT2D eigenvalue weighted by Crippen LogP contribution is 2.31. The maximum absolute atomic E-state index is 11.3. The van der Waals surface area contributed by atoms with Gasteiger partial charge in [-0.05, 0) is 57.9 Å². The predicted molar refractivity (Wildman–Crippen MR) is 75.1 cm³/mol. The summed E-state index contributed by atoms with van der Waals surface area (Å²) in [7, 11) is 0. The van der Waals surface area contributed by atoms with Crippen LogP contribution in [0, 0.1) is 0 Å². The maximum atomic E-state index is 11.3. The number of nitrogens with two attached hydrogens (primary N) is 1. The van der Waals surface area contributed by atoms with Crippen molar-refractivity contribution in [2.45, 2.75) is 45.2 Å². The molecule has 0 saturated carbocycles. The minimum atomic E-state index is -0.0318. The molecule has 1 aliphatic heterocycles. The van der Waals surface area contributed by atoms with Gasteiger partial charge in [0.25, 0.3) is 0 Å². The van der Waals surface area contributed by atoms with Crippen LogP contribution in [-0.4, -0.2) is 23.9 Å². The molecule has 0 aliphatic carbocycles. The molecule has 1 unspecified atom stereocenters. The van der Waals surface area contributed by atoms with Gasteiger partial charge in [-0.25, -0.2) is 0 Å². The normalized spacial score (nSPS) is 22.9. The van der Waals surface area contributed by atoms with E-state index in [0.717, 1.165) is 30.6 Å². The van der Waals surface area contributed by atoms with E-state index < -0.39 is 0 Å². The smallest absolute Gasteiger partial charge is 0.159 e. The van der Waals surface area contributed by atoms with Crippen LogP contribution in [0.25, 0.3) is 0 Å². The van der Waals surface area contributed by atoms with E-state index in [-0.39, 0.29) is 17.4 Å². The lowest BCUT2D eigenvalue weighted by Crippen LogP contribution is -2.59. The molecular formula is C15H22N2O. The van der Waals surface area contributed by atoms with Gasteiger partial charge in [0.2, 0.25) is 0 Å². The molecule has 98 valence electrons. The lowest BCUT2D eigenvalue weighted by Gasteiger charge is -2.48. The van der Waals surface area contributed by atoms with Gasteiger partial charge in [-0.3, -0.25) is 4.79 Å². The third kappa shape index (κ3) is 2.27. The van der Waals surface area contributed by atoms with Crippen LogP contribution in [0.4, 0.5) is 5.69 Å². The highest BCUT2D eigenvalue weighted by atomic mass is 16.1. The van der Waals surface area contributed by atoms with Crippen molar-refractivity contribution in [2.24, 2.45) is 5.73 Å². The number of nitrogens with zero attached hydrogens (tertiary/aromatic N) is 1. The highest BCUT2D eigenvalue weighted by Gasteiger charge is 2.36. The van der Waals surface area contributed by atoms with Crippen molar-refractivity contribution >= 4 is 11.5 Å². The van der Waals surface area contributed by atoms with Crippen LogP contribution in [0.5, 0.6) is 0 Å². The number of hydrogen-bond donors (Lipinski definition) is 1. The van der Waals surface area contributed by atoms with E-state index in [9.17, 15) is 4.79 Å². The lowest BCUT2D eigenvalue weighted by atomic mass is 9.85. The second-order valence-corrected chi connectivity index (χ2v) is 5.66. The molecule has 1 heterocycles. The first-order chi connectivity index (χ1) is 8.43. The van der Waals surface area contributed by atoms with E-state index in [1.807, 2.05) is 24.3 Å². The summed E-state index contributed by atoms with van der Waals surface area (Å²) in [6, 6.07) is 8.04. The number of rotatable bonds is 2. The van der Waals surface area contributed by atoms with Crippen molar-refractivity contribution in [1.29, 1.82) is 0 Å². The summed E-state index contributed by atoms with van der Waals surface area (Å²) < 4.78 is 0. The number of Topliss-reactive ketones (excluding diaryl/α,β-unsaturated/α-hetero) is 1. The predicted octanol–water partition coefficient (Wildman–Crippen LogP) is 2.60. The lowest BCUT2D eigenvalue weighted by molar-refractivity contribution is 0.101. The van der Waals surface area contributed by atoms with E-state index in [0.29, 0.717) is 0 Å². The third-order valence-electron chi connectivity index (χ3n) is 4.09. The molecule has 1 saturated heterocycles. The summed E-state index contributed by atoms with van der Waals surface area (Å²) in [6.07, 6.45) is 2.20. The molecule has 0 aromatic heterocycles. The average Bonchev–Trinajstić information content (AvgIpc) is 2.33. The monoisotopic (exact) mass is 246 g/mol. The SMILES string of the molecule is CC(=O)c1ccc(N2CCCC(N)C2(C)C)cc1. The number of benzene rings is 1. The number of ketones is 1. The van der Waals surface area contributed by atoms with E-state index in [1.165, 1.54) is 0 Å². The van der Waals surface area contributed by atoms with E-state index in [1.54, 1.807) is 6.92 Å². The van der Waals surface area contributed by atoms with E-state index in [2.05, 4.69) is 18.7 Å². The fraction of sp³-hybridized carbons (Fsp3) is 0.533. The Hall–Kier alpha value is -1.35. The van der Waals surface area contributed by atoms with Gasteiger partial charge in [0.05, 0.1) is 0 Å². The molecule has 18 heavy (non-hydrogen) atoms. The highest BCUT2D eigenvalue weighted by molar-refractivity contribution is 5.94. The zero-order chi connectivity index (χ0) is 13.3. The summed E-state index contributed by atoms with van der Waals surface area (Å²) in [5.74, 6) is 0.108. The molecule has 2 N–H and O–H groups in total. The first kappa shape index (κ1) is 13.1. The Morgan fingerprint density at radius 1 is 1.33 bits per heavy atom. The molecule has 0 amide bonds. The van der Waals surface area contributed by atoms with Crippen molar-refractivity contribution in [1.82, 2.24) is 0 Å². The molecule has 1 aliphatic rings. The first-order valence-electron chi connectivity index (χ1n) is 6.57. The molecule has 0 radical (unpaired) electrons. The average molecular weight is 246 g/mol. The topological polar surface area (TPSA) is 46.3 Å². The van der Waals surface area contributed by atoms with Crippen molar-refractivity contribution < 1.29 is 4.79 Å². The summed E-state index contributed by atoms with van der Waals surface area (Å²) >= 11 is 0. The van der Waals surface area contributed by atoms with Gasteiger partial charge in [-0.15, -0.1) is 0 Å². The molecular weight excluding hydrogens is 224 g/mol. The Morgan fingerprint density at radius 2 is 1.94 bits per heavy atom. The molecule has 1 aromatic rings. The molecule has 2 rings (SSSR count). The van der Waals surface area contributed by atoms with E-state index >= 15 is 0 Å². The van der Waals surface area contributed by atoms with Gasteiger partial charge in [-0.2, -0.15) is 0 Å². The van der Waals surface area contributed by atoms with Crippen LogP contribution in [0.2, 0.25) is 0 Å². The minimum absolute atomic E-state index is 0.0318. The van der Waals surface area contributed by atoms with Crippen molar-refractivity contribution in [2.75, 3.05) is 11.4 Å². The van der Waals surface area contributed by atoms with Crippen LogP contribution in [-0.2, 0) is 0 Å². The Bertz CT molecular complexity index is 436. The van der Waals surface area contributed by atoms with Gasteiger partial charge in [-0.1, -0.05) is 0 Å². The number of carbonyl (C=O) groups is 1. The van der Waals surface area contributed by atoms with Crippen molar-refractivity contribution in [3.63, 3.8) is 0 Å². The van der Waals surface area contributed by atoms with Crippen LogP contribution in [0.15, 0.2) is 24.3 Å². The summed E-state index contributed by atoms with van der Waals surface area (Å²) in [6.45, 7) is 7.00. The van der Waals surface area contributed by atoms with Gasteiger partial charge < -0.3 is 10.6 Å². The quantitative estimate of drug-likeness (QED) is 0.816. The summed E-state index contributed by atoms with van der Waals surface area (Å²) in [5.41, 5.74) is 8.11. The molecule has 3 nitrogen and oxygen atoms in total. The zero-order valence-electron chi connectivity index (χ0n) is 11.4. The van der Waals surface area contributed by atoms with Gasteiger partial charge in [0.1, 0.15) is 0 Å². The fourth-order valence-corrected chi connectivity index (χ4v) is 2.65. The zero-order valence-corrected chi connectivity index (χ0v) is 11.4. The maximum Gasteiger partial charge on any atom is 0.159 e. The summed E-state index contributed by atoms with van der Waals surface area (Å²) in [5, 5.41) is 0. The molecule has 1 fully saturated rings. The molecule has 3 heteroatoms. The number of carbonyl (C=O) groups excluding carboxylic acids is 1. The summed E-state index contributed by atoms with van der Waals surface area (Å²) in [4.78, 5) is 13.6. The largest absolute Gasteiger partial charge is 0.365 e. The molecule has 1 atom stereocenters. The number of hydrogen-bond acceptors (Lipinski definition) is 3. The second-order valence-electron chi connectivity index (χ2n) is 5.66.